The third-order valence-corrected chi connectivity index (χ3v) is 4.08. The van der Waals surface area contributed by atoms with Gasteiger partial charge in [0.25, 0.3) is 5.69 Å². The summed E-state index contributed by atoms with van der Waals surface area (Å²) in [6.45, 7) is 3.47. The highest BCUT2D eigenvalue weighted by molar-refractivity contribution is 7.90. The number of nitro groups is 1. The molecule has 1 rings (SSSR count). The Morgan fingerprint density at radius 2 is 2.00 bits per heavy atom. The smallest absolute Gasteiger partial charge is 0.272 e. The molecule has 0 saturated carbocycles. The van der Waals surface area contributed by atoms with Crippen LogP contribution in [0.5, 0.6) is 0 Å². The summed E-state index contributed by atoms with van der Waals surface area (Å²) in [5.74, 6) is 0.0412. The van der Waals surface area contributed by atoms with E-state index in [0.717, 1.165) is 5.69 Å². The zero-order valence-electron chi connectivity index (χ0n) is 11.5. The first-order chi connectivity index (χ1) is 8.61. The zero-order chi connectivity index (χ0) is 14.8. The molecule has 0 saturated heterocycles. The molecule has 1 aromatic rings. The van der Waals surface area contributed by atoms with Crippen LogP contribution in [-0.4, -0.2) is 38.4 Å². The monoisotopic (exact) mass is 286 g/mol. The number of anilines is 1. The first-order valence-electron chi connectivity index (χ1n) is 5.77. The third kappa shape index (κ3) is 4.20. The molecule has 1 aromatic carbocycles. The van der Waals surface area contributed by atoms with E-state index >= 15 is 0 Å². The van der Waals surface area contributed by atoms with Gasteiger partial charge in [-0.15, -0.1) is 0 Å². The highest BCUT2D eigenvalue weighted by Crippen LogP contribution is 2.24. The molecule has 19 heavy (non-hydrogen) atoms. The van der Waals surface area contributed by atoms with Crippen LogP contribution in [0.3, 0.4) is 0 Å². The lowest BCUT2D eigenvalue weighted by atomic mass is 10.1. The van der Waals surface area contributed by atoms with Crippen molar-refractivity contribution in [3.8, 4) is 0 Å². The Balaban J connectivity index is 2.98. The lowest BCUT2D eigenvalue weighted by Crippen LogP contribution is -2.34. The van der Waals surface area contributed by atoms with Crippen molar-refractivity contribution in [2.24, 2.45) is 0 Å². The maximum atomic E-state index is 11.3. The first-order valence-corrected chi connectivity index (χ1v) is 7.83. The summed E-state index contributed by atoms with van der Waals surface area (Å²) in [5, 5.41) is 10.7. The first kappa shape index (κ1) is 15.4. The molecule has 0 radical (unpaired) electrons. The van der Waals surface area contributed by atoms with Crippen LogP contribution in [0.1, 0.15) is 12.5 Å². The molecule has 1 atom stereocenters. The second kappa shape index (κ2) is 5.56. The summed E-state index contributed by atoms with van der Waals surface area (Å²) >= 11 is 0. The van der Waals surface area contributed by atoms with Gasteiger partial charge < -0.3 is 4.90 Å². The fourth-order valence-electron chi connectivity index (χ4n) is 1.87. The maximum absolute atomic E-state index is 11.3. The van der Waals surface area contributed by atoms with Gasteiger partial charge in [0.15, 0.2) is 0 Å². The summed E-state index contributed by atoms with van der Waals surface area (Å²) < 4.78 is 22.5. The van der Waals surface area contributed by atoms with Crippen molar-refractivity contribution in [1.82, 2.24) is 0 Å². The summed E-state index contributed by atoms with van der Waals surface area (Å²) in [4.78, 5) is 12.1. The summed E-state index contributed by atoms with van der Waals surface area (Å²) in [5.41, 5.74) is 1.38. The number of benzene rings is 1. The summed E-state index contributed by atoms with van der Waals surface area (Å²) in [6, 6.07) is 4.56. The molecule has 0 heterocycles. The lowest BCUT2D eigenvalue weighted by molar-refractivity contribution is -0.385. The van der Waals surface area contributed by atoms with Crippen molar-refractivity contribution in [3.05, 3.63) is 33.9 Å². The Morgan fingerprint density at radius 3 is 2.42 bits per heavy atom. The Hall–Kier alpha value is -1.63. The molecule has 0 N–H and O–H groups in total. The minimum absolute atomic E-state index is 0.0412. The molecule has 0 aliphatic rings. The van der Waals surface area contributed by atoms with E-state index in [-0.39, 0.29) is 17.5 Å². The van der Waals surface area contributed by atoms with Gasteiger partial charge in [-0.05, 0) is 26.0 Å². The van der Waals surface area contributed by atoms with Crippen molar-refractivity contribution >= 4 is 21.2 Å². The van der Waals surface area contributed by atoms with Gasteiger partial charge in [-0.25, -0.2) is 8.42 Å². The van der Waals surface area contributed by atoms with E-state index in [1.54, 1.807) is 37.9 Å². The Bertz CT molecular complexity index is 583. The molecule has 0 spiro atoms. The van der Waals surface area contributed by atoms with Crippen molar-refractivity contribution in [3.63, 3.8) is 0 Å². The second-order valence-electron chi connectivity index (χ2n) is 4.78. The highest BCUT2D eigenvalue weighted by Gasteiger charge is 2.18. The van der Waals surface area contributed by atoms with E-state index in [1.165, 1.54) is 12.3 Å². The van der Waals surface area contributed by atoms with Crippen molar-refractivity contribution < 1.29 is 13.3 Å². The van der Waals surface area contributed by atoms with E-state index in [1.807, 2.05) is 0 Å². The lowest BCUT2D eigenvalue weighted by Gasteiger charge is -2.26. The number of sulfone groups is 1. The molecule has 1 unspecified atom stereocenters. The van der Waals surface area contributed by atoms with E-state index in [0.29, 0.717) is 5.56 Å². The number of hydrogen-bond acceptors (Lipinski definition) is 5. The summed E-state index contributed by atoms with van der Waals surface area (Å²) in [7, 11) is -1.28. The van der Waals surface area contributed by atoms with Gasteiger partial charge in [-0.1, -0.05) is 0 Å². The third-order valence-electron chi connectivity index (χ3n) is 2.99. The van der Waals surface area contributed by atoms with Crippen molar-refractivity contribution in [2.45, 2.75) is 19.9 Å². The Kier molecular flexibility index (Phi) is 4.52. The molecule has 0 aliphatic carbocycles. The van der Waals surface area contributed by atoms with Crippen LogP contribution in [0.25, 0.3) is 0 Å². The quantitative estimate of drug-likeness (QED) is 0.608. The van der Waals surface area contributed by atoms with Crippen LogP contribution in [0.15, 0.2) is 18.2 Å². The molecule has 6 nitrogen and oxygen atoms in total. The molecular weight excluding hydrogens is 268 g/mol. The van der Waals surface area contributed by atoms with Crippen LogP contribution in [0.4, 0.5) is 11.4 Å². The van der Waals surface area contributed by atoms with E-state index in [9.17, 15) is 18.5 Å². The minimum Gasteiger partial charge on any atom is -0.371 e. The van der Waals surface area contributed by atoms with Gasteiger partial charge in [0.1, 0.15) is 9.84 Å². The van der Waals surface area contributed by atoms with Gasteiger partial charge in [0, 0.05) is 36.7 Å². The van der Waals surface area contributed by atoms with E-state index in [4.69, 9.17) is 0 Å². The normalized spacial score (nSPS) is 13.1. The van der Waals surface area contributed by atoms with Crippen LogP contribution in [0, 0.1) is 17.0 Å². The standard InChI is InChI=1S/C12H18N2O4S/c1-9-7-11(5-6-12(9)14(15)16)13(3)10(2)8-19(4,17)18/h5-7,10H,8H2,1-4H3. The molecule has 0 amide bonds. The van der Waals surface area contributed by atoms with E-state index < -0.39 is 14.8 Å². The number of hydrogen-bond donors (Lipinski definition) is 0. The van der Waals surface area contributed by atoms with Crippen LogP contribution in [-0.2, 0) is 9.84 Å². The minimum atomic E-state index is -3.06. The van der Waals surface area contributed by atoms with Gasteiger partial charge in [0.2, 0.25) is 0 Å². The molecule has 106 valence electrons. The fourth-order valence-corrected chi connectivity index (χ4v) is 2.97. The average molecular weight is 286 g/mol. The number of rotatable bonds is 5. The number of nitro benzene ring substituents is 1. The maximum Gasteiger partial charge on any atom is 0.272 e. The zero-order valence-corrected chi connectivity index (χ0v) is 12.3. The van der Waals surface area contributed by atoms with Gasteiger partial charge in [-0.2, -0.15) is 0 Å². The molecule has 7 heteroatoms. The van der Waals surface area contributed by atoms with Crippen LogP contribution < -0.4 is 4.90 Å². The van der Waals surface area contributed by atoms with Crippen LogP contribution in [0.2, 0.25) is 0 Å². The topological polar surface area (TPSA) is 80.5 Å². The predicted molar refractivity (Wildman–Crippen MR) is 75.4 cm³/mol. The predicted octanol–water partition coefficient (Wildman–Crippen LogP) is 1.77. The molecule has 0 aliphatic heterocycles. The molecule has 0 bridgehead atoms. The molecular formula is C12H18N2O4S. The van der Waals surface area contributed by atoms with Crippen molar-refractivity contribution in [2.75, 3.05) is 24.0 Å². The second-order valence-corrected chi connectivity index (χ2v) is 6.97. The van der Waals surface area contributed by atoms with Gasteiger partial charge >= 0.3 is 0 Å². The Labute approximate surface area is 113 Å². The van der Waals surface area contributed by atoms with Crippen LogP contribution >= 0.6 is 0 Å². The number of aryl methyl sites for hydroxylation is 1. The van der Waals surface area contributed by atoms with Gasteiger partial charge in [-0.3, -0.25) is 10.1 Å². The van der Waals surface area contributed by atoms with Gasteiger partial charge in [0.05, 0.1) is 10.7 Å². The van der Waals surface area contributed by atoms with Crippen molar-refractivity contribution in [1.29, 1.82) is 0 Å². The fraction of sp³-hybridized carbons (Fsp3) is 0.500. The average Bonchev–Trinajstić information content (AvgIpc) is 2.24. The summed E-state index contributed by atoms with van der Waals surface area (Å²) in [6.07, 6.45) is 1.19. The Morgan fingerprint density at radius 1 is 1.42 bits per heavy atom. The molecule has 0 fully saturated rings. The largest absolute Gasteiger partial charge is 0.371 e. The molecule has 0 aromatic heterocycles. The SMILES string of the molecule is Cc1cc(N(C)C(C)CS(C)(=O)=O)ccc1[N+](=O)[O-]. The highest BCUT2D eigenvalue weighted by atomic mass is 32.2. The van der Waals surface area contributed by atoms with E-state index in [2.05, 4.69) is 0 Å². The number of nitrogens with zero attached hydrogens (tertiary/aromatic N) is 2.